The highest BCUT2D eigenvalue weighted by Gasteiger charge is 2.74. The van der Waals surface area contributed by atoms with Crippen molar-refractivity contribution < 1.29 is 19.7 Å². The van der Waals surface area contributed by atoms with Crippen LogP contribution in [0.5, 0.6) is 23.0 Å². The van der Waals surface area contributed by atoms with E-state index in [9.17, 15) is 10.2 Å². The Kier molecular flexibility index (Phi) is 2.97. The Morgan fingerprint density at radius 2 is 1.06 bits per heavy atom. The molecule has 3 aliphatic rings. The van der Waals surface area contributed by atoms with E-state index in [1.165, 1.54) is 0 Å². The first-order chi connectivity index (χ1) is 17.6. The van der Waals surface area contributed by atoms with Gasteiger partial charge in [-0.05, 0) is 74.3 Å². The number of hydrogen-bond donors (Lipinski definition) is 2. The van der Waals surface area contributed by atoms with Crippen LogP contribution in [-0.4, -0.2) is 10.2 Å². The van der Waals surface area contributed by atoms with E-state index in [0.717, 1.165) is 66.1 Å². The number of ether oxygens (including phenoxy) is 2. The number of phenolic OH excluding ortho intramolecular Hbond substituents is 2. The lowest BCUT2D eigenvalue weighted by molar-refractivity contribution is -0.113. The first-order valence-corrected chi connectivity index (χ1v) is 12.0. The average Bonchev–Trinajstić information content (AvgIpc) is 3.43. The highest BCUT2D eigenvalue weighted by Crippen LogP contribution is 2.73. The normalized spacial score (nSPS) is 22.2. The minimum Gasteiger partial charge on any atom is -0.508 e. The van der Waals surface area contributed by atoms with E-state index < -0.39 is 11.2 Å². The van der Waals surface area contributed by atoms with E-state index >= 15 is 0 Å². The maximum absolute atomic E-state index is 10.6. The van der Waals surface area contributed by atoms with Crippen LogP contribution in [0.1, 0.15) is 22.3 Å². The average molecular weight is 466 g/mol. The predicted octanol–water partition coefficient (Wildman–Crippen LogP) is 6.84. The Hall–Kier alpha value is -4.70. The highest BCUT2D eigenvalue weighted by molar-refractivity contribution is 6.05. The van der Waals surface area contributed by atoms with Gasteiger partial charge in [0.15, 0.2) is 0 Å². The summed E-state index contributed by atoms with van der Waals surface area (Å²) < 4.78 is 13.9. The fourth-order valence-electron chi connectivity index (χ4n) is 7.14. The van der Waals surface area contributed by atoms with Crippen molar-refractivity contribution >= 4 is 32.3 Å². The van der Waals surface area contributed by atoms with Gasteiger partial charge in [-0.15, -0.1) is 0 Å². The number of aromatic hydroxyl groups is 2. The largest absolute Gasteiger partial charge is 0.508 e. The van der Waals surface area contributed by atoms with Crippen LogP contribution in [0.3, 0.4) is 0 Å². The highest BCUT2D eigenvalue weighted by atomic mass is 16.7. The molecule has 0 fully saturated rings. The summed E-state index contributed by atoms with van der Waals surface area (Å²) in [5, 5.41) is 27.3. The van der Waals surface area contributed by atoms with Crippen molar-refractivity contribution in [1.29, 1.82) is 0 Å². The van der Waals surface area contributed by atoms with Crippen molar-refractivity contribution in [2.75, 3.05) is 0 Å². The molecular formula is C32H18O4. The molecule has 9 rings (SSSR count). The molecule has 2 N–H and O–H groups in total. The Balaban J connectivity index is 1.59. The Bertz CT molecular complexity index is 1890. The standard InChI is InChI=1S/C32H18O4/c33-20-11-7-17-9-13-26-29(22(17)15-20)31-24-5-1-3-19-4-2-6-25(28(19)24)32(31,35-26)36-27-14-10-18-8-12-21(34)16-23(18)30(27)31/h1-16,33-34H. The lowest BCUT2D eigenvalue weighted by atomic mass is 9.66. The molecule has 4 heteroatoms. The Morgan fingerprint density at radius 1 is 0.528 bits per heavy atom. The van der Waals surface area contributed by atoms with Gasteiger partial charge in [0.25, 0.3) is 5.79 Å². The molecule has 0 bridgehead atoms. The molecule has 0 spiro atoms. The van der Waals surface area contributed by atoms with Crippen molar-refractivity contribution in [2.45, 2.75) is 11.2 Å². The van der Waals surface area contributed by atoms with Crippen molar-refractivity contribution in [3.05, 3.63) is 119 Å². The van der Waals surface area contributed by atoms with Gasteiger partial charge in [-0.25, -0.2) is 0 Å². The first-order valence-electron chi connectivity index (χ1n) is 12.0. The monoisotopic (exact) mass is 466 g/mol. The summed E-state index contributed by atoms with van der Waals surface area (Å²) in [6.45, 7) is 0. The molecule has 2 aliphatic heterocycles. The molecule has 170 valence electrons. The van der Waals surface area contributed by atoms with Crippen LogP contribution >= 0.6 is 0 Å². The third kappa shape index (κ3) is 1.80. The van der Waals surface area contributed by atoms with Crippen molar-refractivity contribution in [3.63, 3.8) is 0 Å². The van der Waals surface area contributed by atoms with Gasteiger partial charge in [-0.1, -0.05) is 60.7 Å². The number of rotatable bonds is 0. The summed E-state index contributed by atoms with van der Waals surface area (Å²) >= 11 is 0. The molecule has 1 aliphatic carbocycles. The van der Waals surface area contributed by atoms with Crippen molar-refractivity contribution in [2.24, 2.45) is 0 Å². The van der Waals surface area contributed by atoms with E-state index in [1.807, 2.05) is 48.5 Å². The molecule has 0 radical (unpaired) electrons. The SMILES string of the molecule is Oc1ccc2ccc3c(c2c1)C12c4c(ccc5ccc(O)cc45)OC1(O3)c1cccc3cccc2c13. The quantitative estimate of drug-likeness (QED) is 0.257. The van der Waals surface area contributed by atoms with Gasteiger partial charge in [-0.2, -0.15) is 0 Å². The molecular weight excluding hydrogens is 448 g/mol. The molecule has 2 heterocycles. The van der Waals surface area contributed by atoms with E-state index in [4.69, 9.17) is 9.47 Å². The van der Waals surface area contributed by atoms with Gasteiger partial charge in [0.05, 0.1) is 0 Å². The van der Waals surface area contributed by atoms with Crippen molar-refractivity contribution in [3.8, 4) is 23.0 Å². The van der Waals surface area contributed by atoms with Gasteiger partial charge >= 0.3 is 0 Å². The van der Waals surface area contributed by atoms with E-state index in [1.54, 1.807) is 12.1 Å². The summed E-state index contributed by atoms with van der Waals surface area (Å²) in [6, 6.07) is 31.7. The van der Waals surface area contributed by atoms with Gasteiger partial charge < -0.3 is 19.7 Å². The maximum atomic E-state index is 10.6. The zero-order valence-electron chi connectivity index (χ0n) is 18.9. The summed E-state index contributed by atoms with van der Waals surface area (Å²) in [4.78, 5) is 0. The number of hydrogen-bond acceptors (Lipinski definition) is 4. The zero-order chi connectivity index (χ0) is 23.8. The summed E-state index contributed by atoms with van der Waals surface area (Å²) in [6.07, 6.45) is 0. The molecule has 0 unspecified atom stereocenters. The minimum atomic E-state index is -1.14. The van der Waals surface area contributed by atoms with Crippen LogP contribution in [0.4, 0.5) is 0 Å². The number of phenols is 2. The Labute approximate surface area is 205 Å². The van der Waals surface area contributed by atoms with Crippen LogP contribution in [0.2, 0.25) is 0 Å². The van der Waals surface area contributed by atoms with E-state index in [-0.39, 0.29) is 11.5 Å². The van der Waals surface area contributed by atoms with E-state index in [0.29, 0.717) is 0 Å². The molecule has 6 aromatic carbocycles. The van der Waals surface area contributed by atoms with Crippen LogP contribution < -0.4 is 9.47 Å². The first kappa shape index (κ1) is 18.6. The third-order valence-electron chi connectivity index (χ3n) is 8.35. The van der Waals surface area contributed by atoms with Gasteiger partial charge in [0.2, 0.25) is 0 Å². The summed E-state index contributed by atoms with van der Waals surface area (Å²) in [5.74, 6) is 0.742. The van der Waals surface area contributed by atoms with Crippen LogP contribution in [0, 0.1) is 0 Å². The molecule has 4 nitrogen and oxygen atoms in total. The van der Waals surface area contributed by atoms with Gasteiger partial charge in [0, 0.05) is 16.7 Å². The minimum absolute atomic E-state index is 0.202. The fraction of sp³-hybridized carbons (Fsp3) is 0.0625. The molecule has 0 aromatic heterocycles. The second-order valence-electron chi connectivity index (χ2n) is 9.97. The van der Waals surface area contributed by atoms with Gasteiger partial charge in [-0.3, -0.25) is 0 Å². The molecule has 0 amide bonds. The molecule has 6 aromatic rings. The second kappa shape index (κ2) is 5.74. The maximum Gasteiger partial charge on any atom is 0.296 e. The Morgan fingerprint density at radius 3 is 1.64 bits per heavy atom. The number of fused-ring (bicyclic) bond motifs is 6. The number of benzene rings is 6. The molecule has 36 heavy (non-hydrogen) atoms. The lowest BCUT2D eigenvalue weighted by Crippen LogP contribution is -2.47. The third-order valence-corrected chi connectivity index (χ3v) is 8.35. The van der Waals surface area contributed by atoms with Gasteiger partial charge in [0.1, 0.15) is 28.4 Å². The lowest BCUT2D eigenvalue weighted by Gasteiger charge is -2.33. The van der Waals surface area contributed by atoms with Crippen LogP contribution in [0.25, 0.3) is 32.3 Å². The smallest absolute Gasteiger partial charge is 0.296 e. The molecule has 0 atom stereocenters. The topological polar surface area (TPSA) is 58.9 Å². The molecule has 0 saturated carbocycles. The molecule has 0 saturated heterocycles. The van der Waals surface area contributed by atoms with E-state index in [2.05, 4.69) is 36.4 Å². The second-order valence-corrected chi connectivity index (χ2v) is 9.97. The summed E-state index contributed by atoms with van der Waals surface area (Å²) in [5.41, 5.74) is 3.23. The van der Waals surface area contributed by atoms with Crippen LogP contribution in [0.15, 0.2) is 97.1 Å². The van der Waals surface area contributed by atoms with Crippen molar-refractivity contribution in [1.82, 2.24) is 0 Å². The zero-order valence-corrected chi connectivity index (χ0v) is 18.9. The summed E-state index contributed by atoms with van der Waals surface area (Å²) in [7, 11) is 0. The predicted molar refractivity (Wildman–Crippen MR) is 138 cm³/mol. The van der Waals surface area contributed by atoms with Crippen LogP contribution in [-0.2, 0) is 11.2 Å². The fourth-order valence-corrected chi connectivity index (χ4v) is 7.14.